The summed E-state index contributed by atoms with van der Waals surface area (Å²) in [5.74, 6) is 0.285. The van der Waals surface area contributed by atoms with Crippen LogP contribution in [0.5, 0.6) is 0 Å². The maximum atomic E-state index is 6.16. The van der Waals surface area contributed by atoms with Gasteiger partial charge in [-0.15, -0.1) is 6.58 Å². The van der Waals surface area contributed by atoms with Gasteiger partial charge in [0.15, 0.2) is 0 Å². The number of rotatable bonds is 3. The van der Waals surface area contributed by atoms with Gasteiger partial charge in [-0.3, -0.25) is 0 Å². The fourth-order valence-electron chi connectivity index (χ4n) is 1.20. The first-order chi connectivity index (χ1) is 6.20. The molecule has 1 atom stereocenters. The van der Waals surface area contributed by atoms with Crippen molar-refractivity contribution in [2.24, 2.45) is 0 Å². The molecule has 1 aromatic rings. The summed E-state index contributed by atoms with van der Waals surface area (Å²) in [6, 6.07) is 5.95. The summed E-state index contributed by atoms with van der Waals surface area (Å²) in [5.41, 5.74) is 2.09. The lowest BCUT2D eigenvalue weighted by molar-refractivity contribution is 0.971. The number of hydrogen-bond acceptors (Lipinski definition) is 0. The Morgan fingerprint density at radius 1 is 1.38 bits per heavy atom. The van der Waals surface area contributed by atoms with Gasteiger partial charge in [-0.2, -0.15) is 0 Å². The van der Waals surface area contributed by atoms with Crippen molar-refractivity contribution in [3.05, 3.63) is 53.6 Å². The van der Waals surface area contributed by atoms with Crippen LogP contribution in [0.15, 0.2) is 37.4 Å². The lowest BCUT2D eigenvalue weighted by Gasteiger charge is -2.10. The van der Waals surface area contributed by atoms with E-state index in [4.69, 9.17) is 11.6 Å². The van der Waals surface area contributed by atoms with Gasteiger partial charge in [-0.25, -0.2) is 0 Å². The molecule has 0 N–H and O–H groups in total. The van der Waals surface area contributed by atoms with Gasteiger partial charge in [0.2, 0.25) is 0 Å². The van der Waals surface area contributed by atoms with E-state index in [1.165, 1.54) is 0 Å². The van der Waals surface area contributed by atoms with Gasteiger partial charge in [0.25, 0.3) is 0 Å². The molecule has 1 heteroatoms. The number of hydrogen-bond donors (Lipinski definition) is 0. The summed E-state index contributed by atoms with van der Waals surface area (Å²) in [6.45, 7) is 9.53. The van der Waals surface area contributed by atoms with E-state index < -0.39 is 0 Å². The summed E-state index contributed by atoms with van der Waals surface area (Å²) in [7, 11) is 0. The standard InChI is InChI=1S/C12H13Cl/c1-4-9(3)11-8-6-7-10(5-2)12(11)13/h4-9H,1-2H2,3H3. The van der Waals surface area contributed by atoms with Gasteiger partial charge in [-0.05, 0) is 11.1 Å². The third-order valence-electron chi connectivity index (χ3n) is 2.12. The summed E-state index contributed by atoms with van der Waals surface area (Å²) in [4.78, 5) is 0. The van der Waals surface area contributed by atoms with Crippen molar-refractivity contribution >= 4 is 17.7 Å². The second-order valence-electron chi connectivity index (χ2n) is 2.98. The third kappa shape index (κ3) is 2.02. The molecule has 1 unspecified atom stereocenters. The molecule has 0 bridgehead atoms. The lowest BCUT2D eigenvalue weighted by Crippen LogP contribution is -1.91. The average Bonchev–Trinajstić information content (AvgIpc) is 2.17. The number of halogens is 1. The lowest BCUT2D eigenvalue weighted by atomic mass is 9.99. The smallest absolute Gasteiger partial charge is 0.0516 e. The van der Waals surface area contributed by atoms with Gasteiger partial charge in [0, 0.05) is 5.92 Å². The Hall–Kier alpha value is -1.01. The molecule has 0 aliphatic heterocycles. The largest absolute Gasteiger partial charge is 0.102 e. The minimum absolute atomic E-state index is 0.285. The molecule has 0 aliphatic rings. The van der Waals surface area contributed by atoms with Crippen LogP contribution in [-0.2, 0) is 0 Å². The van der Waals surface area contributed by atoms with Crippen LogP contribution >= 0.6 is 11.6 Å². The molecule has 0 fully saturated rings. The average molecular weight is 193 g/mol. The maximum Gasteiger partial charge on any atom is 0.0516 e. The highest BCUT2D eigenvalue weighted by Gasteiger charge is 2.07. The van der Waals surface area contributed by atoms with Crippen molar-refractivity contribution in [1.29, 1.82) is 0 Å². The molecule has 13 heavy (non-hydrogen) atoms. The highest BCUT2D eigenvalue weighted by atomic mass is 35.5. The molecule has 0 saturated heterocycles. The monoisotopic (exact) mass is 192 g/mol. The Labute approximate surface area is 84.5 Å². The van der Waals surface area contributed by atoms with Crippen LogP contribution in [0.2, 0.25) is 5.02 Å². The van der Waals surface area contributed by atoms with Crippen molar-refractivity contribution in [3.8, 4) is 0 Å². The van der Waals surface area contributed by atoms with Crippen LogP contribution in [0.3, 0.4) is 0 Å². The first-order valence-electron chi connectivity index (χ1n) is 4.24. The predicted molar refractivity (Wildman–Crippen MR) is 60.2 cm³/mol. The predicted octanol–water partition coefficient (Wildman–Crippen LogP) is 4.27. The van der Waals surface area contributed by atoms with E-state index >= 15 is 0 Å². The fourth-order valence-corrected chi connectivity index (χ4v) is 1.58. The van der Waals surface area contributed by atoms with E-state index in [9.17, 15) is 0 Å². The van der Waals surface area contributed by atoms with Crippen LogP contribution in [0.4, 0.5) is 0 Å². The Morgan fingerprint density at radius 2 is 2.08 bits per heavy atom. The maximum absolute atomic E-state index is 6.16. The van der Waals surface area contributed by atoms with Crippen LogP contribution in [0.25, 0.3) is 6.08 Å². The molecule has 0 aliphatic carbocycles. The number of benzene rings is 1. The Bertz CT molecular complexity index is 326. The van der Waals surface area contributed by atoms with E-state index in [2.05, 4.69) is 20.1 Å². The number of allylic oxidation sites excluding steroid dienone is 1. The molecular weight excluding hydrogens is 180 g/mol. The molecule has 0 aromatic heterocycles. The minimum atomic E-state index is 0.285. The summed E-state index contributed by atoms with van der Waals surface area (Å²) >= 11 is 6.16. The van der Waals surface area contributed by atoms with Gasteiger partial charge < -0.3 is 0 Å². The van der Waals surface area contributed by atoms with E-state index in [-0.39, 0.29) is 5.92 Å². The van der Waals surface area contributed by atoms with Crippen molar-refractivity contribution in [2.45, 2.75) is 12.8 Å². The SMILES string of the molecule is C=Cc1cccc(C(C)C=C)c1Cl. The molecule has 68 valence electrons. The van der Waals surface area contributed by atoms with Gasteiger partial charge in [0.1, 0.15) is 0 Å². The van der Waals surface area contributed by atoms with E-state index in [1.807, 2.05) is 24.3 Å². The first kappa shape index (κ1) is 10.1. The van der Waals surface area contributed by atoms with Crippen molar-refractivity contribution in [3.63, 3.8) is 0 Å². The van der Waals surface area contributed by atoms with E-state index in [1.54, 1.807) is 6.08 Å². The Kier molecular flexibility index (Phi) is 3.32. The van der Waals surface area contributed by atoms with Crippen LogP contribution in [0, 0.1) is 0 Å². The molecule has 0 heterocycles. The molecule has 0 saturated carbocycles. The summed E-state index contributed by atoms with van der Waals surface area (Å²) in [5, 5.41) is 0.782. The van der Waals surface area contributed by atoms with Crippen LogP contribution in [-0.4, -0.2) is 0 Å². The second-order valence-corrected chi connectivity index (χ2v) is 3.36. The summed E-state index contributed by atoms with van der Waals surface area (Å²) in [6.07, 6.45) is 3.65. The third-order valence-corrected chi connectivity index (χ3v) is 2.56. The zero-order valence-corrected chi connectivity index (χ0v) is 8.51. The molecule has 0 amide bonds. The zero-order valence-electron chi connectivity index (χ0n) is 7.76. The van der Waals surface area contributed by atoms with E-state index in [0.717, 1.165) is 16.1 Å². The normalized spacial score (nSPS) is 12.2. The second kappa shape index (κ2) is 4.29. The van der Waals surface area contributed by atoms with Crippen molar-refractivity contribution in [1.82, 2.24) is 0 Å². The van der Waals surface area contributed by atoms with Crippen molar-refractivity contribution in [2.75, 3.05) is 0 Å². The van der Waals surface area contributed by atoms with E-state index in [0.29, 0.717) is 0 Å². The van der Waals surface area contributed by atoms with Crippen LogP contribution in [0.1, 0.15) is 24.0 Å². The Morgan fingerprint density at radius 3 is 2.62 bits per heavy atom. The molecule has 0 radical (unpaired) electrons. The molecule has 1 aromatic carbocycles. The topological polar surface area (TPSA) is 0 Å². The molecule has 1 rings (SSSR count). The van der Waals surface area contributed by atoms with Gasteiger partial charge in [-0.1, -0.05) is 55.5 Å². The molecule has 0 nitrogen and oxygen atoms in total. The van der Waals surface area contributed by atoms with Crippen molar-refractivity contribution < 1.29 is 0 Å². The zero-order chi connectivity index (χ0) is 9.84. The minimum Gasteiger partial charge on any atom is -0.102 e. The highest BCUT2D eigenvalue weighted by molar-refractivity contribution is 6.32. The molecule has 0 spiro atoms. The summed E-state index contributed by atoms with van der Waals surface area (Å²) < 4.78 is 0. The van der Waals surface area contributed by atoms with Gasteiger partial charge >= 0.3 is 0 Å². The Balaban J connectivity index is 3.22. The highest BCUT2D eigenvalue weighted by Crippen LogP contribution is 2.28. The first-order valence-corrected chi connectivity index (χ1v) is 4.62. The molecular formula is C12H13Cl. The van der Waals surface area contributed by atoms with Crippen LogP contribution < -0.4 is 0 Å². The quantitative estimate of drug-likeness (QED) is 0.628. The van der Waals surface area contributed by atoms with Gasteiger partial charge in [0.05, 0.1) is 5.02 Å². The fraction of sp³-hybridized carbons (Fsp3) is 0.167.